The number of anilines is 1. The number of aromatic amines is 1. The molecule has 9 heteroatoms. The fraction of sp³-hybridized carbons (Fsp3) is 0.353. The Balaban J connectivity index is 1.60. The molecule has 0 aromatic carbocycles. The lowest BCUT2D eigenvalue weighted by atomic mass is 10.2. The molecule has 0 spiro atoms. The number of hydrogen-bond acceptors (Lipinski definition) is 6. The minimum Gasteiger partial charge on any atom is -0.378 e. The van der Waals surface area contributed by atoms with E-state index in [1.165, 1.54) is 6.20 Å². The minimum absolute atomic E-state index is 0.165. The number of aromatic nitrogens is 4. The van der Waals surface area contributed by atoms with Gasteiger partial charge in [-0.2, -0.15) is 0 Å². The van der Waals surface area contributed by atoms with Gasteiger partial charge in [-0.1, -0.05) is 11.6 Å². The summed E-state index contributed by atoms with van der Waals surface area (Å²) in [6.45, 7) is 2.71. The van der Waals surface area contributed by atoms with E-state index in [-0.39, 0.29) is 11.9 Å². The van der Waals surface area contributed by atoms with Crippen molar-refractivity contribution in [2.45, 2.75) is 6.04 Å². The molecule has 0 bridgehead atoms. The summed E-state index contributed by atoms with van der Waals surface area (Å²) in [5.74, 6) is 0.0694. The van der Waals surface area contributed by atoms with Crippen molar-refractivity contribution < 1.29 is 9.13 Å². The normalized spacial score (nSPS) is 18.3. The maximum Gasteiger partial charge on any atom is 0.183 e. The van der Waals surface area contributed by atoms with Crippen LogP contribution in [0.4, 0.5) is 10.2 Å². The lowest BCUT2D eigenvalue weighted by Crippen LogP contribution is -2.46. The predicted molar refractivity (Wildman–Crippen MR) is 97.8 cm³/mol. The van der Waals surface area contributed by atoms with Crippen molar-refractivity contribution in [2.75, 3.05) is 38.7 Å². The van der Waals surface area contributed by atoms with Crippen LogP contribution in [0.5, 0.6) is 0 Å². The first-order valence-corrected chi connectivity index (χ1v) is 8.67. The van der Waals surface area contributed by atoms with Gasteiger partial charge in [-0.15, -0.1) is 0 Å². The minimum atomic E-state index is -0.496. The summed E-state index contributed by atoms with van der Waals surface area (Å²) in [5.41, 5.74) is 1.39. The highest BCUT2D eigenvalue weighted by Gasteiger charge is 2.20. The SMILES string of the molecule is CN1CCOCC1CNc1nc(-c2c[nH]c3ncc(Cl)cc23)ncc1F. The zero-order valence-electron chi connectivity index (χ0n) is 14.2. The molecule has 0 radical (unpaired) electrons. The van der Waals surface area contributed by atoms with E-state index in [1.54, 1.807) is 18.5 Å². The molecule has 1 atom stereocenters. The van der Waals surface area contributed by atoms with Crippen LogP contribution in [0, 0.1) is 5.82 Å². The van der Waals surface area contributed by atoms with Gasteiger partial charge in [0, 0.05) is 36.4 Å². The van der Waals surface area contributed by atoms with Crippen LogP contribution in [0.3, 0.4) is 0 Å². The Labute approximate surface area is 154 Å². The van der Waals surface area contributed by atoms with Crippen LogP contribution in [0.25, 0.3) is 22.4 Å². The number of ether oxygens (including phenoxy) is 1. The van der Waals surface area contributed by atoms with Gasteiger partial charge >= 0.3 is 0 Å². The average molecular weight is 377 g/mol. The number of H-pyrrole nitrogens is 1. The Kier molecular flexibility index (Phi) is 4.71. The van der Waals surface area contributed by atoms with Gasteiger partial charge in [0.05, 0.1) is 30.5 Å². The number of nitrogens with zero attached hydrogens (tertiary/aromatic N) is 4. The number of fused-ring (bicyclic) bond motifs is 1. The van der Waals surface area contributed by atoms with Crippen LogP contribution in [0.1, 0.15) is 0 Å². The highest BCUT2D eigenvalue weighted by molar-refractivity contribution is 6.31. The Hall–Kier alpha value is -2.29. The first-order valence-electron chi connectivity index (χ1n) is 8.29. The van der Waals surface area contributed by atoms with Crippen LogP contribution < -0.4 is 5.32 Å². The standard InChI is InChI=1S/C17H18ClFN6O/c1-25-2-3-26-9-11(25)6-21-17-14(19)8-23-16(24-17)13-7-22-15-12(13)4-10(18)5-20-15/h4-5,7-8,11H,2-3,6,9H2,1H3,(H,20,22)(H,21,23,24). The van der Waals surface area contributed by atoms with Gasteiger partial charge in [0.2, 0.25) is 0 Å². The van der Waals surface area contributed by atoms with Gasteiger partial charge in [0.15, 0.2) is 17.5 Å². The number of morpholine rings is 1. The van der Waals surface area contributed by atoms with Crippen LogP contribution >= 0.6 is 11.6 Å². The molecule has 3 aromatic rings. The molecule has 0 amide bonds. The molecule has 26 heavy (non-hydrogen) atoms. The molecule has 1 unspecified atom stereocenters. The summed E-state index contributed by atoms with van der Waals surface area (Å²) in [5, 5.41) is 4.38. The van der Waals surface area contributed by atoms with Crippen LogP contribution in [0.15, 0.2) is 24.7 Å². The quantitative estimate of drug-likeness (QED) is 0.728. The molecule has 3 aromatic heterocycles. The molecule has 4 heterocycles. The molecular weight excluding hydrogens is 359 g/mol. The van der Waals surface area contributed by atoms with Crippen LogP contribution in [0.2, 0.25) is 5.02 Å². The topological polar surface area (TPSA) is 79.0 Å². The third-order valence-electron chi connectivity index (χ3n) is 4.51. The number of pyridine rings is 1. The van der Waals surface area contributed by atoms with E-state index in [2.05, 4.69) is 30.2 Å². The third-order valence-corrected chi connectivity index (χ3v) is 4.72. The molecule has 0 saturated carbocycles. The zero-order chi connectivity index (χ0) is 18.1. The monoisotopic (exact) mass is 376 g/mol. The second-order valence-corrected chi connectivity index (χ2v) is 6.67. The molecule has 1 saturated heterocycles. The summed E-state index contributed by atoms with van der Waals surface area (Å²) in [6, 6.07) is 1.95. The molecule has 2 N–H and O–H groups in total. The molecule has 1 aliphatic rings. The molecule has 0 aliphatic carbocycles. The highest BCUT2D eigenvalue weighted by atomic mass is 35.5. The average Bonchev–Trinajstić information content (AvgIpc) is 3.05. The summed E-state index contributed by atoms with van der Waals surface area (Å²) in [4.78, 5) is 17.9. The van der Waals surface area contributed by atoms with Crippen molar-refractivity contribution in [3.05, 3.63) is 35.5 Å². The molecule has 7 nitrogen and oxygen atoms in total. The third kappa shape index (κ3) is 3.35. The van der Waals surface area contributed by atoms with Crippen molar-refractivity contribution in [2.24, 2.45) is 0 Å². The number of rotatable bonds is 4. The smallest absolute Gasteiger partial charge is 0.183 e. The molecular formula is C17H18ClFN6O. The molecule has 4 rings (SSSR count). The van der Waals surface area contributed by atoms with Crippen molar-refractivity contribution in [3.63, 3.8) is 0 Å². The van der Waals surface area contributed by atoms with E-state index >= 15 is 0 Å². The zero-order valence-corrected chi connectivity index (χ0v) is 14.9. The maximum atomic E-state index is 14.2. The van der Waals surface area contributed by atoms with Gasteiger partial charge in [0.25, 0.3) is 0 Å². The first kappa shape index (κ1) is 17.1. The Bertz CT molecular complexity index is 933. The number of halogens is 2. The first-order chi connectivity index (χ1) is 12.6. The lowest BCUT2D eigenvalue weighted by Gasteiger charge is -2.32. The second kappa shape index (κ2) is 7.14. The van der Waals surface area contributed by atoms with E-state index in [0.717, 1.165) is 24.1 Å². The van der Waals surface area contributed by atoms with Gasteiger partial charge in [-0.25, -0.2) is 19.3 Å². The van der Waals surface area contributed by atoms with E-state index in [0.29, 0.717) is 29.6 Å². The number of hydrogen-bond donors (Lipinski definition) is 2. The Morgan fingerprint density at radius 1 is 1.42 bits per heavy atom. The summed E-state index contributed by atoms with van der Waals surface area (Å²) in [6.07, 6.45) is 4.47. The number of likely N-dealkylation sites (N-methyl/N-ethyl adjacent to an activating group) is 1. The molecule has 1 fully saturated rings. The lowest BCUT2D eigenvalue weighted by molar-refractivity contribution is 0.0109. The van der Waals surface area contributed by atoms with E-state index in [9.17, 15) is 4.39 Å². The second-order valence-electron chi connectivity index (χ2n) is 6.23. The van der Waals surface area contributed by atoms with E-state index in [1.807, 2.05) is 7.05 Å². The maximum absolute atomic E-state index is 14.2. The fourth-order valence-corrected chi connectivity index (χ4v) is 3.11. The van der Waals surface area contributed by atoms with Gasteiger partial charge in [0.1, 0.15) is 5.65 Å². The summed E-state index contributed by atoms with van der Waals surface area (Å²) >= 11 is 6.03. The van der Waals surface area contributed by atoms with Gasteiger partial charge in [-0.3, -0.25) is 4.90 Å². The summed E-state index contributed by atoms with van der Waals surface area (Å²) in [7, 11) is 2.03. The van der Waals surface area contributed by atoms with E-state index in [4.69, 9.17) is 16.3 Å². The Morgan fingerprint density at radius 3 is 3.15 bits per heavy atom. The van der Waals surface area contributed by atoms with Crippen molar-refractivity contribution in [1.82, 2.24) is 24.8 Å². The van der Waals surface area contributed by atoms with Gasteiger partial charge < -0.3 is 15.0 Å². The van der Waals surface area contributed by atoms with Crippen molar-refractivity contribution >= 4 is 28.5 Å². The van der Waals surface area contributed by atoms with Crippen LogP contribution in [-0.2, 0) is 4.74 Å². The highest BCUT2D eigenvalue weighted by Crippen LogP contribution is 2.28. The Morgan fingerprint density at radius 2 is 2.31 bits per heavy atom. The summed E-state index contributed by atoms with van der Waals surface area (Å²) < 4.78 is 19.6. The van der Waals surface area contributed by atoms with E-state index < -0.39 is 5.82 Å². The van der Waals surface area contributed by atoms with Crippen molar-refractivity contribution in [1.29, 1.82) is 0 Å². The molecule has 1 aliphatic heterocycles. The predicted octanol–water partition coefficient (Wildman–Crippen LogP) is 2.55. The van der Waals surface area contributed by atoms with Crippen molar-refractivity contribution in [3.8, 4) is 11.4 Å². The largest absolute Gasteiger partial charge is 0.378 e. The number of nitrogens with one attached hydrogen (secondary N) is 2. The molecule has 136 valence electrons. The fourth-order valence-electron chi connectivity index (χ4n) is 2.95. The van der Waals surface area contributed by atoms with Crippen LogP contribution in [-0.4, -0.2) is 64.2 Å². The van der Waals surface area contributed by atoms with Gasteiger partial charge in [-0.05, 0) is 13.1 Å².